The van der Waals surface area contributed by atoms with Crippen molar-refractivity contribution in [3.8, 4) is 11.4 Å². The highest BCUT2D eigenvalue weighted by Crippen LogP contribution is 2.37. The van der Waals surface area contributed by atoms with Crippen molar-refractivity contribution in [1.82, 2.24) is 19.8 Å². The summed E-state index contributed by atoms with van der Waals surface area (Å²) in [6, 6.07) is 16.9. The molecule has 2 aromatic carbocycles. The number of benzene rings is 2. The molecular formula is C20H22ClN5OS. The van der Waals surface area contributed by atoms with Crippen molar-refractivity contribution in [2.75, 3.05) is 18.9 Å². The number of amides is 1. The van der Waals surface area contributed by atoms with Gasteiger partial charge in [0.15, 0.2) is 5.82 Å². The lowest BCUT2D eigenvalue weighted by molar-refractivity contribution is -0.130. The number of nitrogens with zero attached hydrogens (tertiary/aromatic N) is 4. The standard InChI is InChI=1S/C20H22ClN5OS/c1-3-25(4-2)19(27)17(14-10-6-5-7-11-14)28-20-24-23-18(26(20)22)15-12-8-9-13-16(15)21/h5-13,17H,3-4,22H2,1-2H3. The van der Waals surface area contributed by atoms with E-state index in [0.717, 1.165) is 5.56 Å². The number of carbonyl (C=O) groups is 1. The summed E-state index contributed by atoms with van der Waals surface area (Å²) in [6.45, 7) is 5.21. The van der Waals surface area contributed by atoms with Gasteiger partial charge in [-0.05, 0) is 31.5 Å². The minimum atomic E-state index is -0.466. The van der Waals surface area contributed by atoms with Crippen molar-refractivity contribution in [2.24, 2.45) is 0 Å². The van der Waals surface area contributed by atoms with Crippen molar-refractivity contribution in [2.45, 2.75) is 24.3 Å². The van der Waals surface area contributed by atoms with Crippen LogP contribution in [0.25, 0.3) is 11.4 Å². The first-order valence-electron chi connectivity index (χ1n) is 9.02. The predicted molar refractivity (Wildman–Crippen MR) is 114 cm³/mol. The summed E-state index contributed by atoms with van der Waals surface area (Å²) in [7, 11) is 0. The third-order valence-electron chi connectivity index (χ3n) is 4.40. The van der Waals surface area contributed by atoms with Gasteiger partial charge in [0.25, 0.3) is 0 Å². The van der Waals surface area contributed by atoms with Crippen LogP contribution in [0.2, 0.25) is 5.02 Å². The van der Waals surface area contributed by atoms with Gasteiger partial charge in [0.1, 0.15) is 5.25 Å². The first-order valence-corrected chi connectivity index (χ1v) is 10.3. The summed E-state index contributed by atoms with van der Waals surface area (Å²) < 4.78 is 1.39. The van der Waals surface area contributed by atoms with Gasteiger partial charge in [0.2, 0.25) is 11.1 Å². The molecule has 0 aliphatic rings. The molecule has 3 rings (SSSR count). The molecule has 1 heterocycles. The summed E-state index contributed by atoms with van der Waals surface area (Å²) in [4.78, 5) is 14.9. The maximum atomic E-state index is 13.1. The van der Waals surface area contributed by atoms with Crippen LogP contribution in [0.15, 0.2) is 59.8 Å². The summed E-state index contributed by atoms with van der Waals surface area (Å²) in [5, 5.41) is 8.93. The van der Waals surface area contributed by atoms with E-state index in [0.29, 0.717) is 34.7 Å². The zero-order valence-corrected chi connectivity index (χ0v) is 17.3. The van der Waals surface area contributed by atoms with Crippen LogP contribution in [0.4, 0.5) is 0 Å². The lowest BCUT2D eigenvalue weighted by Gasteiger charge is -2.24. The Kier molecular flexibility index (Phi) is 6.59. The molecule has 28 heavy (non-hydrogen) atoms. The number of aromatic nitrogens is 3. The predicted octanol–water partition coefficient (Wildman–Crippen LogP) is 4.01. The van der Waals surface area contributed by atoms with E-state index < -0.39 is 5.25 Å². The molecule has 0 fully saturated rings. The number of thioether (sulfide) groups is 1. The van der Waals surface area contributed by atoms with Crippen molar-refractivity contribution in [1.29, 1.82) is 0 Å². The topological polar surface area (TPSA) is 77.0 Å². The number of hydrogen-bond acceptors (Lipinski definition) is 5. The third-order valence-corrected chi connectivity index (χ3v) is 5.93. The van der Waals surface area contributed by atoms with Gasteiger partial charge < -0.3 is 10.7 Å². The molecule has 2 N–H and O–H groups in total. The Hall–Kier alpha value is -2.51. The summed E-state index contributed by atoms with van der Waals surface area (Å²) in [5.74, 6) is 6.73. The molecule has 3 aromatic rings. The van der Waals surface area contributed by atoms with Gasteiger partial charge in [-0.15, -0.1) is 10.2 Å². The Morgan fingerprint density at radius 2 is 1.75 bits per heavy atom. The molecule has 1 atom stereocenters. The molecule has 0 spiro atoms. The Bertz CT molecular complexity index is 943. The van der Waals surface area contributed by atoms with E-state index in [-0.39, 0.29) is 5.91 Å². The zero-order valence-electron chi connectivity index (χ0n) is 15.7. The molecule has 0 radical (unpaired) electrons. The number of nitrogen functional groups attached to an aromatic ring is 1. The summed E-state index contributed by atoms with van der Waals surface area (Å²) in [5.41, 5.74) is 1.59. The fraction of sp³-hybridized carbons (Fsp3) is 0.250. The molecule has 0 saturated carbocycles. The monoisotopic (exact) mass is 415 g/mol. The number of rotatable bonds is 7. The van der Waals surface area contributed by atoms with Gasteiger partial charge in [-0.2, -0.15) is 0 Å². The number of halogens is 1. The number of carbonyl (C=O) groups excluding carboxylic acids is 1. The number of hydrogen-bond donors (Lipinski definition) is 1. The van der Waals surface area contributed by atoms with Crippen molar-refractivity contribution >= 4 is 29.3 Å². The minimum Gasteiger partial charge on any atom is -0.342 e. The molecule has 0 aliphatic heterocycles. The van der Waals surface area contributed by atoms with E-state index in [1.165, 1.54) is 16.4 Å². The van der Waals surface area contributed by atoms with E-state index in [9.17, 15) is 4.79 Å². The molecule has 0 bridgehead atoms. The average molecular weight is 416 g/mol. The highest BCUT2D eigenvalue weighted by molar-refractivity contribution is 8.00. The SMILES string of the molecule is CCN(CC)C(=O)C(Sc1nnc(-c2ccccc2Cl)n1N)c1ccccc1. The van der Waals surface area contributed by atoms with Gasteiger partial charge in [-0.25, -0.2) is 4.68 Å². The maximum Gasteiger partial charge on any atom is 0.240 e. The van der Waals surface area contributed by atoms with E-state index in [4.69, 9.17) is 17.4 Å². The molecule has 1 amide bonds. The van der Waals surface area contributed by atoms with Gasteiger partial charge >= 0.3 is 0 Å². The van der Waals surface area contributed by atoms with Crippen LogP contribution in [0.5, 0.6) is 0 Å². The molecule has 8 heteroatoms. The third kappa shape index (κ3) is 4.15. The lowest BCUT2D eigenvalue weighted by atomic mass is 10.1. The highest BCUT2D eigenvalue weighted by atomic mass is 35.5. The maximum absolute atomic E-state index is 13.1. The molecular weight excluding hydrogens is 394 g/mol. The molecule has 0 saturated heterocycles. The second-order valence-corrected chi connectivity index (χ2v) is 7.55. The van der Waals surface area contributed by atoms with Crippen LogP contribution >= 0.6 is 23.4 Å². The van der Waals surface area contributed by atoms with Crippen LogP contribution in [0.3, 0.4) is 0 Å². The van der Waals surface area contributed by atoms with Gasteiger partial charge in [-0.1, -0.05) is 65.8 Å². The van der Waals surface area contributed by atoms with E-state index in [2.05, 4.69) is 10.2 Å². The lowest BCUT2D eigenvalue weighted by Crippen LogP contribution is -2.34. The van der Waals surface area contributed by atoms with Crippen molar-refractivity contribution < 1.29 is 4.79 Å². The summed E-state index contributed by atoms with van der Waals surface area (Å²) >= 11 is 7.55. The molecule has 6 nitrogen and oxygen atoms in total. The molecule has 0 aliphatic carbocycles. The second-order valence-electron chi connectivity index (χ2n) is 6.08. The first kappa shape index (κ1) is 20.2. The fourth-order valence-corrected chi connectivity index (χ4v) is 4.14. The van der Waals surface area contributed by atoms with E-state index in [1.54, 1.807) is 11.0 Å². The van der Waals surface area contributed by atoms with E-state index in [1.807, 2.05) is 62.4 Å². The molecule has 146 valence electrons. The van der Waals surface area contributed by atoms with Crippen molar-refractivity contribution in [3.63, 3.8) is 0 Å². The minimum absolute atomic E-state index is 0.0171. The Labute approximate surface area is 173 Å². The molecule has 1 aromatic heterocycles. The highest BCUT2D eigenvalue weighted by Gasteiger charge is 2.28. The zero-order chi connectivity index (χ0) is 20.1. The summed E-state index contributed by atoms with van der Waals surface area (Å²) in [6.07, 6.45) is 0. The smallest absolute Gasteiger partial charge is 0.240 e. The van der Waals surface area contributed by atoms with Crippen LogP contribution in [0.1, 0.15) is 24.7 Å². The number of likely N-dealkylation sites (N-methyl/N-ethyl adjacent to an activating group) is 1. The largest absolute Gasteiger partial charge is 0.342 e. The average Bonchev–Trinajstić information content (AvgIpc) is 3.08. The quantitative estimate of drug-likeness (QED) is 0.466. The Balaban J connectivity index is 1.96. The van der Waals surface area contributed by atoms with Gasteiger partial charge in [0.05, 0.1) is 5.02 Å². The van der Waals surface area contributed by atoms with Gasteiger partial charge in [0, 0.05) is 18.7 Å². The van der Waals surface area contributed by atoms with Crippen LogP contribution < -0.4 is 5.84 Å². The fourth-order valence-electron chi connectivity index (χ4n) is 2.88. The normalized spacial score (nSPS) is 12.0. The van der Waals surface area contributed by atoms with Crippen LogP contribution in [-0.4, -0.2) is 38.8 Å². The second kappa shape index (κ2) is 9.12. The van der Waals surface area contributed by atoms with E-state index >= 15 is 0 Å². The van der Waals surface area contributed by atoms with Crippen LogP contribution in [0, 0.1) is 0 Å². The molecule has 1 unspecified atom stereocenters. The first-order chi connectivity index (χ1) is 13.6. The Morgan fingerprint density at radius 3 is 2.39 bits per heavy atom. The Morgan fingerprint density at radius 1 is 1.11 bits per heavy atom. The van der Waals surface area contributed by atoms with Crippen LogP contribution in [-0.2, 0) is 4.79 Å². The van der Waals surface area contributed by atoms with Gasteiger partial charge in [-0.3, -0.25) is 4.79 Å². The van der Waals surface area contributed by atoms with Crippen molar-refractivity contribution in [3.05, 3.63) is 65.2 Å². The number of nitrogens with two attached hydrogens (primary N) is 1.